The smallest absolute Gasteiger partial charge is 0.326 e. The van der Waals surface area contributed by atoms with Crippen LogP contribution in [-0.4, -0.2) is 28.1 Å². The van der Waals surface area contributed by atoms with E-state index in [9.17, 15) is 19.8 Å². The molecule has 5 nitrogen and oxygen atoms in total. The Morgan fingerprint density at radius 3 is 1.49 bits per heavy atom. The Balaban J connectivity index is 1.92. The van der Waals surface area contributed by atoms with Gasteiger partial charge in [-0.1, -0.05) is 128 Å². The molecule has 0 bridgehead atoms. The van der Waals surface area contributed by atoms with Crippen molar-refractivity contribution in [2.45, 2.75) is 141 Å². The maximum absolute atomic E-state index is 12.2. The summed E-state index contributed by atoms with van der Waals surface area (Å²) in [7, 11) is 0. The average molecular weight is 490 g/mol. The van der Waals surface area contributed by atoms with Crippen molar-refractivity contribution >= 4 is 11.9 Å². The maximum atomic E-state index is 12.2. The first kappa shape index (κ1) is 31.0. The van der Waals surface area contributed by atoms with Crippen LogP contribution in [0.1, 0.15) is 134 Å². The number of carboxylic acid groups (broad SMARTS) is 1. The minimum atomic E-state index is -1.04. The molecule has 0 spiro atoms. The van der Waals surface area contributed by atoms with Crippen LogP contribution in [0.15, 0.2) is 24.3 Å². The van der Waals surface area contributed by atoms with E-state index < -0.39 is 12.0 Å². The molecular weight excluding hydrogens is 438 g/mol. The zero-order valence-corrected chi connectivity index (χ0v) is 22.2. The first-order chi connectivity index (χ1) is 17.0. The minimum absolute atomic E-state index is 0.138. The van der Waals surface area contributed by atoms with Gasteiger partial charge in [-0.15, -0.1) is 0 Å². The van der Waals surface area contributed by atoms with Crippen LogP contribution in [-0.2, 0) is 16.0 Å². The predicted molar refractivity (Wildman–Crippen MR) is 145 cm³/mol. The van der Waals surface area contributed by atoms with Crippen molar-refractivity contribution < 1.29 is 19.8 Å². The fraction of sp³-hybridized carbons (Fsp3) is 0.733. The van der Waals surface area contributed by atoms with E-state index >= 15 is 0 Å². The maximum Gasteiger partial charge on any atom is 0.326 e. The molecule has 1 aromatic carbocycles. The van der Waals surface area contributed by atoms with Crippen molar-refractivity contribution in [3.63, 3.8) is 0 Å². The Morgan fingerprint density at radius 2 is 1.09 bits per heavy atom. The van der Waals surface area contributed by atoms with E-state index in [1.165, 1.54) is 108 Å². The number of aliphatic carboxylic acids is 1. The molecule has 0 heterocycles. The zero-order valence-electron chi connectivity index (χ0n) is 22.2. The van der Waals surface area contributed by atoms with Crippen molar-refractivity contribution in [2.24, 2.45) is 0 Å². The highest BCUT2D eigenvalue weighted by atomic mass is 16.4. The predicted octanol–water partition coefficient (Wildman–Crippen LogP) is 7.94. The van der Waals surface area contributed by atoms with Gasteiger partial charge in [-0.2, -0.15) is 0 Å². The molecule has 0 aliphatic heterocycles. The molecule has 35 heavy (non-hydrogen) atoms. The standard InChI is InChI=1S/C30H51NO4/c1-2-3-4-5-6-7-8-9-10-11-12-13-14-15-16-17-18-19-20-29(33)31-28(30(34)35)25-26-21-23-27(32)24-22-26/h21-24,28,32H,2-20,25H2,1H3,(H,31,33)(H,34,35)/t28-/m0/s1. The summed E-state index contributed by atoms with van der Waals surface area (Å²) in [6.45, 7) is 2.27. The van der Waals surface area contributed by atoms with E-state index in [0.29, 0.717) is 6.42 Å². The third-order valence-electron chi connectivity index (χ3n) is 6.77. The van der Waals surface area contributed by atoms with Crippen molar-refractivity contribution in [3.8, 4) is 5.75 Å². The Labute approximate surface area is 214 Å². The van der Waals surface area contributed by atoms with Gasteiger partial charge < -0.3 is 15.5 Å². The summed E-state index contributed by atoms with van der Waals surface area (Å²) in [6, 6.07) is 5.45. The van der Waals surface area contributed by atoms with E-state index in [1.807, 2.05) is 0 Å². The van der Waals surface area contributed by atoms with Crippen LogP contribution in [0.4, 0.5) is 0 Å². The average Bonchev–Trinajstić information content (AvgIpc) is 2.84. The number of carboxylic acids is 1. The molecule has 0 saturated carbocycles. The second-order valence-corrected chi connectivity index (χ2v) is 10.1. The van der Waals surface area contributed by atoms with Crippen molar-refractivity contribution in [3.05, 3.63) is 29.8 Å². The molecule has 5 heteroatoms. The number of hydrogen-bond donors (Lipinski definition) is 3. The lowest BCUT2D eigenvalue weighted by Crippen LogP contribution is -2.42. The number of phenols is 1. The van der Waals surface area contributed by atoms with E-state index in [0.717, 1.165) is 24.8 Å². The third-order valence-corrected chi connectivity index (χ3v) is 6.77. The normalized spacial score (nSPS) is 11.9. The molecule has 0 aliphatic carbocycles. The quantitative estimate of drug-likeness (QED) is 0.136. The highest BCUT2D eigenvalue weighted by molar-refractivity contribution is 5.83. The van der Waals surface area contributed by atoms with Crippen LogP contribution in [0.2, 0.25) is 0 Å². The lowest BCUT2D eigenvalue weighted by molar-refractivity contribution is -0.141. The number of rotatable bonds is 23. The van der Waals surface area contributed by atoms with Crippen LogP contribution < -0.4 is 5.32 Å². The Kier molecular flexibility index (Phi) is 18.8. The molecule has 1 aromatic rings. The zero-order chi connectivity index (χ0) is 25.6. The Morgan fingerprint density at radius 1 is 0.686 bits per heavy atom. The van der Waals surface area contributed by atoms with Crippen LogP contribution in [0.25, 0.3) is 0 Å². The number of nitrogens with one attached hydrogen (secondary N) is 1. The van der Waals surface area contributed by atoms with Crippen LogP contribution in [0.5, 0.6) is 5.75 Å². The monoisotopic (exact) mass is 489 g/mol. The number of aromatic hydroxyl groups is 1. The molecule has 0 fully saturated rings. The molecule has 3 N–H and O–H groups in total. The largest absolute Gasteiger partial charge is 0.508 e. The minimum Gasteiger partial charge on any atom is -0.508 e. The number of phenolic OH excluding ortho intramolecular Hbond substituents is 1. The van der Waals surface area contributed by atoms with Gasteiger partial charge in [-0.05, 0) is 24.1 Å². The van der Waals surface area contributed by atoms with E-state index in [1.54, 1.807) is 12.1 Å². The molecule has 0 aromatic heterocycles. The molecule has 1 amide bonds. The highest BCUT2D eigenvalue weighted by Gasteiger charge is 2.20. The number of carbonyl (C=O) groups is 2. The number of amides is 1. The van der Waals surface area contributed by atoms with Gasteiger partial charge in [-0.25, -0.2) is 4.79 Å². The number of unbranched alkanes of at least 4 members (excludes halogenated alkanes) is 17. The van der Waals surface area contributed by atoms with E-state index in [2.05, 4.69) is 12.2 Å². The third kappa shape index (κ3) is 18.0. The van der Waals surface area contributed by atoms with Crippen LogP contribution in [0.3, 0.4) is 0 Å². The van der Waals surface area contributed by atoms with Gasteiger partial charge in [0.15, 0.2) is 0 Å². The molecule has 0 saturated heterocycles. The lowest BCUT2D eigenvalue weighted by atomic mass is 10.0. The Hall–Kier alpha value is -2.04. The van der Waals surface area contributed by atoms with Crippen molar-refractivity contribution in [2.75, 3.05) is 0 Å². The summed E-state index contributed by atoms with van der Waals surface area (Å²) >= 11 is 0. The summed E-state index contributed by atoms with van der Waals surface area (Å²) < 4.78 is 0. The van der Waals surface area contributed by atoms with E-state index in [4.69, 9.17) is 0 Å². The van der Waals surface area contributed by atoms with Crippen LogP contribution >= 0.6 is 0 Å². The number of carbonyl (C=O) groups excluding carboxylic acids is 1. The summed E-state index contributed by atoms with van der Waals surface area (Å²) in [5.74, 6) is -1.10. The summed E-state index contributed by atoms with van der Waals surface area (Å²) in [4.78, 5) is 23.6. The lowest BCUT2D eigenvalue weighted by Gasteiger charge is -2.14. The Bertz CT molecular complexity index is 659. The van der Waals surface area contributed by atoms with Gasteiger partial charge in [0.2, 0.25) is 5.91 Å². The second-order valence-electron chi connectivity index (χ2n) is 10.1. The first-order valence-corrected chi connectivity index (χ1v) is 14.3. The fourth-order valence-corrected chi connectivity index (χ4v) is 4.52. The number of benzene rings is 1. The molecule has 1 rings (SSSR count). The van der Waals surface area contributed by atoms with Gasteiger partial charge in [0.25, 0.3) is 0 Å². The SMILES string of the molecule is CCCCCCCCCCCCCCCCCCCCC(=O)N[C@@H](Cc1ccc(O)cc1)C(=O)O. The molecule has 0 unspecified atom stereocenters. The summed E-state index contributed by atoms with van der Waals surface area (Å²) in [5, 5.41) is 21.4. The molecule has 1 atom stereocenters. The molecule has 0 radical (unpaired) electrons. The summed E-state index contributed by atoms with van der Waals surface area (Å²) in [5.41, 5.74) is 0.767. The highest BCUT2D eigenvalue weighted by Crippen LogP contribution is 2.15. The van der Waals surface area contributed by atoms with Crippen molar-refractivity contribution in [1.29, 1.82) is 0 Å². The fourth-order valence-electron chi connectivity index (χ4n) is 4.52. The van der Waals surface area contributed by atoms with Crippen molar-refractivity contribution in [1.82, 2.24) is 5.32 Å². The van der Waals surface area contributed by atoms with E-state index in [-0.39, 0.29) is 18.1 Å². The van der Waals surface area contributed by atoms with Gasteiger partial charge in [-0.3, -0.25) is 4.79 Å². The van der Waals surface area contributed by atoms with Gasteiger partial charge >= 0.3 is 5.97 Å². The van der Waals surface area contributed by atoms with Crippen LogP contribution in [0, 0.1) is 0 Å². The van der Waals surface area contributed by atoms with Gasteiger partial charge in [0.05, 0.1) is 0 Å². The molecule has 200 valence electrons. The van der Waals surface area contributed by atoms with Gasteiger partial charge in [0, 0.05) is 12.8 Å². The van der Waals surface area contributed by atoms with Gasteiger partial charge in [0.1, 0.15) is 11.8 Å². The topological polar surface area (TPSA) is 86.6 Å². The second kappa shape index (κ2) is 21.3. The molecular formula is C30H51NO4. The first-order valence-electron chi connectivity index (χ1n) is 14.3. The number of hydrogen-bond acceptors (Lipinski definition) is 3. The summed E-state index contributed by atoms with van der Waals surface area (Å²) in [6.07, 6.45) is 24.1. The molecule has 0 aliphatic rings.